The number of ether oxygens (including phenoxy) is 1. The maximum atomic E-state index is 13.0. The zero-order chi connectivity index (χ0) is 32.0. The molecule has 0 atom stereocenters. The van der Waals surface area contributed by atoms with Gasteiger partial charge in [0, 0.05) is 22.5 Å². The van der Waals surface area contributed by atoms with Crippen molar-refractivity contribution in [2.45, 2.75) is 25.9 Å². The van der Waals surface area contributed by atoms with Gasteiger partial charge >= 0.3 is 12.1 Å². The van der Waals surface area contributed by atoms with E-state index in [-0.39, 0.29) is 22.8 Å². The topological polar surface area (TPSA) is 122 Å². The first-order valence-electron chi connectivity index (χ1n) is 13.7. The minimum Gasteiger partial charge on any atom is -0.423 e. The molecule has 0 bridgehead atoms. The highest BCUT2D eigenvalue weighted by Gasteiger charge is 2.31. The average Bonchev–Trinajstić information content (AvgIpc) is 3.04. The second-order valence-electron chi connectivity index (χ2n) is 9.99. The van der Waals surface area contributed by atoms with Gasteiger partial charge in [-0.3, -0.25) is 9.59 Å². The second-order valence-corrected chi connectivity index (χ2v) is 9.99. The highest BCUT2D eigenvalue weighted by Crippen LogP contribution is 2.30. The van der Waals surface area contributed by atoms with Crippen LogP contribution in [-0.2, 0) is 11.0 Å². The van der Waals surface area contributed by atoms with Crippen molar-refractivity contribution >= 4 is 40.8 Å². The highest BCUT2D eigenvalue weighted by molar-refractivity contribution is 6.08. The molecule has 0 unspecified atom stereocenters. The number of rotatable bonds is 8. The first-order chi connectivity index (χ1) is 21.5. The van der Waals surface area contributed by atoms with Crippen molar-refractivity contribution < 1.29 is 32.3 Å². The lowest BCUT2D eigenvalue weighted by Gasteiger charge is -2.12. The molecule has 228 valence electrons. The van der Waals surface area contributed by atoms with Gasteiger partial charge in [0.05, 0.1) is 29.2 Å². The Morgan fingerprint density at radius 1 is 0.822 bits per heavy atom. The molecule has 3 N–H and O–H groups in total. The number of hydrogen-bond acceptors (Lipinski definition) is 7. The van der Waals surface area contributed by atoms with Gasteiger partial charge in [-0.2, -0.15) is 13.2 Å². The molecule has 0 spiro atoms. The summed E-state index contributed by atoms with van der Waals surface area (Å²) < 4.78 is 44.5. The lowest BCUT2D eigenvalue weighted by Crippen LogP contribution is -2.16. The number of nitrogens with one attached hydrogen (secondary N) is 3. The van der Waals surface area contributed by atoms with Crippen molar-refractivity contribution in [3.63, 3.8) is 0 Å². The first-order valence-corrected chi connectivity index (χ1v) is 13.7. The number of halogens is 3. The summed E-state index contributed by atoms with van der Waals surface area (Å²) in [5.41, 5.74) is 1.41. The summed E-state index contributed by atoms with van der Waals surface area (Å²) >= 11 is 0. The van der Waals surface area contributed by atoms with Gasteiger partial charge in [-0.1, -0.05) is 30.4 Å². The minimum atomic E-state index is -4.59. The molecule has 3 aromatic carbocycles. The fourth-order valence-electron chi connectivity index (χ4n) is 4.31. The van der Waals surface area contributed by atoms with Crippen LogP contribution in [0, 0.1) is 6.92 Å². The lowest BCUT2D eigenvalue weighted by molar-refractivity contribution is -0.137. The Morgan fingerprint density at radius 3 is 2.22 bits per heavy atom. The van der Waals surface area contributed by atoms with Crippen molar-refractivity contribution in [3.8, 4) is 5.75 Å². The standard InChI is InChI=1S/C33H26F3N5O4/c1-20-10-11-25(39-29(42)22-8-5-9-23(16-22)33(34,35)36)17-28(20)30(43)40-26-18-37-32(38-19-26)41-24-12-14-27(15-13-24)45-31(44)21-6-3-2-4-7-21/h3,5-19H,2,4H2,1H3,(H,39,42)(H,40,43)(H,37,38,41). The van der Waals surface area contributed by atoms with Crippen LogP contribution in [0.15, 0.2) is 103 Å². The van der Waals surface area contributed by atoms with Gasteiger partial charge in [0.1, 0.15) is 5.75 Å². The molecule has 1 aliphatic rings. The minimum absolute atomic E-state index is 0.174. The van der Waals surface area contributed by atoms with Crippen LogP contribution in [0.25, 0.3) is 0 Å². The van der Waals surface area contributed by atoms with E-state index in [4.69, 9.17) is 4.74 Å². The Balaban J connectivity index is 1.18. The molecule has 1 heterocycles. The van der Waals surface area contributed by atoms with E-state index < -0.39 is 29.5 Å². The number of carbonyl (C=O) groups excluding carboxylic acids is 3. The molecule has 1 aliphatic carbocycles. The van der Waals surface area contributed by atoms with Crippen LogP contribution >= 0.6 is 0 Å². The Kier molecular flexibility index (Phi) is 9.03. The number of aromatic nitrogens is 2. The molecule has 0 aliphatic heterocycles. The van der Waals surface area contributed by atoms with Crippen LogP contribution in [-0.4, -0.2) is 27.8 Å². The molecule has 9 nitrogen and oxygen atoms in total. The van der Waals surface area contributed by atoms with E-state index in [9.17, 15) is 27.6 Å². The number of allylic oxidation sites excluding steroid dienone is 2. The van der Waals surface area contributed by atoms with E-state index >= 15 is 0 Å². The quantitative estimate of drug-likeness (QED) is 0.142. The zero-order valence-corrected chi connectivity index (χ0v) is 23.8. The predicted octanol–water partition coefficient (Wildman–Crippen LogP) is 7.23. The summed E-state index contributed by atoms with van der Waals surface area (Å²) in [7, 11) is 0. The average molecular weight is 614 g/mol. The largest absolute Gasteiger partial charge is 0.423 e. The molecular weight excluding hydrogens is 587 g/mol. The third kappa shape index (κ3) is 7.99. The number of alkyl halides is 3. The summed E-state index contributed by atoms with van der Waals surface area (Å²) in [4.78, 5) is 46.3. The van der Waals surface area contributed by atoms with E-state index in [2.05, 4.69) is 25.9 Å². The molecule has 5 rings (SSSR count). The van der Waals surface area contributed by atoms with Crippen molar-refractivity contribution in [1.82, 2.24) is 9.97 Å². The number of hydrogen-bond donors (Lipinski definition) is 3. The van der Waals surface area contributed by atoms with Gasteiger partial charge in [-0.05, 0) is 79.9 Å². The Labute approximate surface area is 255 Å². The van der Waals surface area contributed by atoms with Crippen LogP contribution in [0.3, 0.4) is 0 Å². The maximum Gasteiger partial charge on any atom is 0.416 e. The fourth-order valence-corrected chi connectivity index (χ4v) is 4.31. The zero-order valence-electron chi connectivity index (χ0n) is 23.8. The number of benzene rings is 3. The van der Waals surface area contributed by atoms with E-state index in [1.165, 1.54) is 24.5 Å². The molecule has 45 heavy (non-hydrogen) atoms. The molecule has 0 saturated heterocycles. The lowest BCUT2D eigenvalue weighted by atomic mass is 10.1. The number of amides is 2. The Hall–Kier alpha value is -5.78. The Bertz CT molecular complexity index is 1800. The van der Waals surface area contributed by atoms with E-state index in [0.29, 0.717) is 28.3 Å². The predicted molar refractivity (Wildman–Crippen MR) is 162 cm³/mol. The second kappa shape index (κ2) is 13.2. The molecule has 1 aromatic heterocycles. The smallest absolute Gasteiger partial charge is 0.416 e. The summed E-state index contributed by atoms with van der Waals surface area (Å²) in [5.74, 6) is -1.03. The van der Waals surface area contributed by atoms with E-state index in [0.717, 1.165) is 31.0 Å². The van der Waals surface area contributed by atoms with Crippen LogP contribution in [0.1, 0.15) is 44.7 Å². The number of esters is 1. The third-order valence-electron chi connectivity index (χ3n) is 6.65. The maximum absolute atomic E-state index is 13.0. The van der Waals surface area contributed by atoms with Crippen LogP contribution in [0.4, 0.5) is 36.2 Å². The van der Waals surface area contributed by atoms with Crippen molar-refractivity contribution in [3.05, 3.63) is 125 Å². The number of anilines is 4. The molecule has 2 amide bonds. The van der Waals surface area contributed by atoms with Crippen LogP contribution in [0.2, 0.25) is 0 Å². The van der Waals surface area contributed by atoms with Gasteiger partial charge in [0.2, 0.25) is 5.95 Å². The van der Waals surface area contributed by atoms with E-state index in [1.54, 1.807) is 49.4 Å². The number of nitrogens with zero attached hydrogens (tertiary/aromatic N) is 2. The summed E-state index contributed by atoms with van der Waals surface area (Å²) in [6, 6.07) is 15.3. The van der Waals surface area contributed by atoms with Gasteiger partial charge in [0.15, 0.2) is 0 Å². The van der Waals surface area contributed by atoms with E-state index in [1.807, 2.05) is 12.2 Å². The SMILES string of the molecule is Cc1ccc(NC(=O)c2cccc(C(F)(F)F)c2)cc1C(=O)Nc1cnc(Nc2ccc(OC(=O)C3=CCCC=C3)cc2)nc1. The number of aryl methyl sites for hydroxylation is 1. The van der Waals surface area contributed by atoms with Crippen molar-refractivity contribution in [2.75, 3.05) is 16.0 Å². The molecule has 12 heteroatoms. The highest BCUT2D eigenvalue weighted by atomic mass is 19.4. The molecule has 4 aromatic rings. The third-order valence-corrected chi connectivity index (χ3v) is 6.65. The summed E-state index contributed by atoms with van der Waals surface area (Å²) in [6.07, 6.45) is 5.44. The fraction of sp³-hybridized carbons (Fsp3) is 0.121. The molecule has 0 fully saturated rings. The summed E-state index contributed by atoms with van der Waals surface area (Å²) in [5, 5.41) is 8.24. The van der Waals surface area contributed by atoms with Crippen molar-refractivity contribution in [2.24, 2.45) is 0 Å². The molecular formula is C33H26F3N5O4. The Morgan fingerprint density at radius 2 is 1.53 bits per heavy atom. The summed E-state index contributed by atoms with van der Waals surface area (Å²) in [6.45, 7) is 1.70. The van der Waals surface area contributed by atoms with Crippen molar-refractivity contribution in [1.29, 1.82) is 0 Å². The van der Waals surface area contributed by atoms with Gasteiger partial charge in [-0.25, -0.2) is 14.8 Å². The van der Waals surface area contributed by atoms with Crippen LogP contribution < -0.4 is 20.7 Å². The number of carbonyl (C=O) groups is 3. The molecule has 0 radical (unpaired) electrons. The van der Waals surface area contributed by atoms with Crippen LogP contribution in [0.5, 0.6) is 5.75 Å². The first kappa shape index (κ1) is 30.7. The normalized spacial score (nSPS) is 12.6. The monoisotopic (exact) mass is 613 g/mol. The van der Waals surface area contributed by atoms with Gasteiger partial charge in [0.25, 0.3) is 11.8 Å². The van der Waals surface area contributed by atoms with Gasteiger partial charge < -0.3 is 20.7 Å². The molecule has 0 saturated carbocycles. The van der Waals surface area contributed by atoms with Gasteiger partial charge in [-0.15, -0.1) is 0 Å².